The summed E-state index contributed by atoms with van der Waals surface area (Å²) < 4.78 is 15.0. The highest BCUT2D eigenvalue weighted by Gasteiger charge is 2.54. The molecule has 168 valence electrons. The number of hydrogen-bond acceptors (Lipinski definition) is 2. The molecular weight excluding hydrogens is 372 g/mol. The van der Waals surface area contributed by atoms with Gasteiger partial charge in [-0.3, -0.25) is 0 Å². The van der Waals surface area contributed by atoms with E-state index in [-0.39, 0.29) is 0 Å². The molecule has 4 fully saturated rings. The van der Waals surface area contributed by atoms with E-state index in [1.54, 1.807) is 0 Å². The van der Waals surface area contributed by atoms with Crippen molar-refractivity contribution in [3.63, 3.8) is 0 Å². The molecule has 0 aromatic carbocycles. The maximum absolute atomic E-state index is 7.50. The van der Waals surface area contributed by atoms with E-state index >= 15 is 0 Å². The minimum atomic E-state index is -2.21. The maximum Gasteiger partial charge on any atom is 0.345 e. The van der Waals surface area contributed by atoms with Crippen molar-refractivity contribution in [3.8, 4) is 0 Å². The molecule has 0 saturated heterocycles. The molecule has 0 heterocycles. The van der Waals surface area contributed by atoms with E-state index < -0.39 is 8.56 Å². The smallest absolute Gasteiger partial charge is 0.345 e. The van der Waals surface area contributed by atoms with E-state index in [9.17, 15) is 0 Å². The van der Waals surface area contributed by atoms with Gasteiger partial charge in [-0.1, -0.05) is 89.9 Å². The van der Waals surface area contributed by atoms with Gasteiger partial charge < -0.3 is 8.85 Å². The molecule has 4 saturated carbocycles. The van der Waals surface area contributed by atoms with Crippen LogP contribution in [0.1, 0.15) is 141 Å². The minimum Gasteiger partial charge on any atom is -0.391 e. The van der Waals surface area contributed by atoms with Crippen molar-refractivity contribution in [2.75, 3.05) is 0 Å². The first kappa shape index (κ1) is 22.3. The van der Waals surface area contributed by atoms with Crippen LogP contribution in [-0.4, -0.2) is 20.8 Å². The van der Waals surface area contributed by atoms with Crippen molar-refractivity contribution >= 4 is 8.56 Å². The van der Waals surface area contributed by atoms with Gasteiger partial charge in [0.1, 0.15) is 0 Å². The molecule has 29 heavy (non-hydrogen) atoms. The fraction of sp³-hybridized carbons (Fsp3) is 1.00. The maximum atomic E-state index is 7.50. The van der Waals surface area contributed by atoms with Crippen LogP contribution in [-0.2, 0) is 8.85 Å². The summed E-state index contributed by atoms with van der Waals surface area (Å²) in [6.07, 6.45) is 31.7. The van der Waals surface area contributed by atoms with Crippen molar-refractivity contribution in [2.45, 2.75) is 165 Å². The van der Waals surface area contributed by atoms with Gasteiger partial charge in [-0.25, -0.2) is 0 Å². The van der Waals surface area contributed by atoms with Crippen LogP contribution in [0, 0.1) is 0 Å². The summed E-state index contributed by atoms with van der Waals surface area (Å²) in [4.78, 5) is 0. The molecule has 4 aliphatic carbocycles. The zero-order valence-electron chi connectivity index (χ0n) is 19.2. The van der Waals surface area contributed by atoms with Crippen molar-refractivity contribution in [1.82, 2.24) is 0 Å². The van der Waals surface area contributed by atoms with Gasteiger partial charge in [0.15, 0.2) is 0 Å². The number of hydrogen-bond donors (Lipinski definition) is 0. The van der Waals surface area contributed by atoms with Gasteiger partial charge in [0.25, 0.3) is 0 Å². The van der Waals surface area contributed by atoms with E-state index in [1.165, 1.54) is 141 Å². The van der Waals surface area contributed by atoms with Crippen LogP contribution in [0.5, 0.6) is 0 Å². The summed E-state index contributed by atoms with van der Waals surface area (Å²) in [5.41, 5.74) is 1.57. The first-order chi connectivity index (χ1) is 14.4. The molecule has 0 spiro atoms. The predicted molar refractivity (Wildman–Crippen MR) is 125 cm³/mol. The van der Waals surface area contributed by atoms with Crippen molar-refractivity contribution in [2.24, 2.45) is 0 Å². The summed E-state index contributed by atoms with van der Waals surface area (Å²) in [6, 6.07) is 0. The van der Waals surface area contributed by atoms with Gasteiger partial charge in [-0.2, -0.15) is 0 Å². The Balaban J connectivity index is 1.60. The first-order valence-electron chi connectivity index (χ1n) is 13.7. The Morgan fingerprint density at radius 1 is 0.345 bits per heavy atom. The fourth-order valence-corrected chi connectivity index (χ4v) is 12.4. The highest BCUT2D eigenvalue weighted by Crippen LogP contribution is 2.51. The third-order valence-corrected chi connectivity index (χ3v) is 13.5. The van der Waals surface area contributed by atoms with Crippen molar-refractivity contribution in [3.05, 3.63) is 0 Å². The molecule has 0 N–H and O–H groups in total. The Morgan fingerprint density at radius 3 is 0.966 bits per heavy atom. The van der Waals surface area contributed by atoms with Crippen LogP contribution < -0.4 is 0 Å². The topological polar surface area (TPSA) is 18.5 Å². The van der Waals surface area contributed by atoms with Gasteiger partial charge in [0.2, 0.25) is 0 Å². The largest absolute Gasteiger partial charge is 0.391 e. The van der Waals surface area contributed by atoms with Gasteiger partial charge in [-0.05, 0) is 51.4 Å². The predicted octanol–water partition coefficient (Wildman–Crippen LogP) is 8.58. The van der Waals surface area contributed by atoms with Crippen LogP contribution in [0.2, 0.25) is 11.1 Å². The molecule has 0 unspecified atom stereocenters. The van der Waals surface area contributed by atoms with E-state index in [4.69, 9.17) is 8.85 Å². The van der Waals surface area contributed by atoms with E-state index in [0.29, 0.717) is 12.2 Å². The molecule has 0 aromatic rings. The zero-order valence-corrected chi connectivity index (χ0v) is 20.2. The Morgan fingerprint density at radius 2 is 0.621 bits per heavy atom. The standard InChI is InChI=1S/C26H48O2Si/c1-2-8-16-23(15-7-1)27-29(25-19-11-5-12-20-25,26-21-13-6-14-22-26)28-24-17-9-3-4-10-18-24/h23-26H,1-22H2. The van der Waals surface area contributed by atoms with Gasteiger partial charge in [0.05, 0.1) is 0 Å². The van der Waals surface area contributed by atoms with E-state index in [0.717, 1.165) is 11.1 Å². The summed E-state index contributed by atoms with van der Waals surface area (Å²) in [7, 11) is -2.21. The lowest BCUT2D eigenvalue weighted by atomic mass is 9.99. The SMILES string of the molecule is C1CCCC(O[Si](OC2CCCCCC2)(C2CCCCC2)C2CCCCC2)CC1. The first-order valence-corrected chi connectivity index (χ1v) is 15.7. The Bertz CT molecular complexity index is 398. The molecule has 0 aliphatic heterocycles. The Hall–Kier alpha value is 0.137. The summed E-state index contributed by atoms with van der Waals surface area (Å²) in [6.45, 7) is 0. The lowest BCUT2D eigenvalue weighted by Crippen LogP contribution is -2.56. The van der Waals surface area contributed by atoms with Crippen LogP contribution in [0.4, 0.5) is 0 Å². The van der Waals surface area contributed by atoms with Gasteiger partial charge in [0, 0.05) is 23.3 Å². The molecule has 0 aromatic heterocycles. The lowest BCUT2D eigenvalue weighted by Gasteiger charge is -2.48. The van der Waals surface area contributed by atoms with Crippen LogP contribution in [0.3, 0.4) is 0 Å². The normalized spacial score (nSPS) is 28.1. The molecule has 2 nitrogen and oxygen atoms in total. The van der Waals surface area contributed by atoms with Crippen molar-refractivity contribution in [1.29, 1.82) is 0 Å². The molecule has 3 heteroatoms. The van der Waals surface area contributed by atoms with E-state index in [1.807, 2.05) is 0 Å². The van der Waals surface area contributed by atoms with Crippen molar-refractivity contribution < 1.29 is 8.85 Å². The lowest BCUT2D eigenvalue weighted by molar-refractivity contribution is 0.0437. The average molecular weight is 421 g/mol. The minimum absolute atomic E-state index is 0.513. The second-order valence-corrected chi connectivity index (χ2v) is 14.4. The quantitative estimate of drug-likeness (QED) is 0.316. The Kier molecular flexibility index (Phi) is 8.99. The molecular formula is C26H48O2Si. The summed E-state index contributed by atoms with van der Waals surface area (Å²) in [5.74, 6) is 0. The molecule has 0 amide bonds. The van der Waals surface area contributed by atoms with Crippen LogP contribution >= 0.6 is 0 Å². The third-order valence-electron chi connectivity index (χ3n) is 8.65. The molecule has 4 aliphatic rings. The second kappa shape index (κ2) is 11.7. The van der Waals surface area contributed by atoms with E-state index in [2.05, 4.69) is 0 Å². The summed E-state index contributed by atoms with van der Waals surface area (Å²) in [5, 5.41) is 0. The van der Waals surface area contributed by atoms with Crippen LogP contribution in [0.15, 0.2) is 0 Å². The molecule has 0 bridgehead atoms. The molecule has 4 rings (SSSR count). The third kappa shape index (κ3) is 6.10. The average Bonchev–Trinajstić information content (AvgIpc) is 3.19. The summed E-state index contributed by atoms with van der Waals surface area (Å²) >= 11 is 0. The van der Waals surface area contributed by atoms with Crippen LogP contribution in [0.25, 0.3) is 0 Å². The molecule has 0 atom stereocenters. The second-order valence-electron chi connectivity index (χ2n) is 10.9. The monoisotopic (exact) mass is 420 g/mol. The fourth-order valence-electron chi connectivity index (χ4n) is 7.00. The van der Waals surface area contributed by atoms with Gasteiger partial charge >= 0.3 is 8.56 Å². The Labute approximate surface area is 182 Å². The number of rotatable bonds is 6. The molecule has 0 radical (unpaired) electrons. The van der Waals surface area contributed by atoms with Gasteiger partial charge in [-0.15, -0.1) is 0 Å². The zero-order chi connectivity index (χ0) is 19.8. The highest BCUT2D eigenvalue weighted by molar-refractivity contribution is 6.70. The highest BCUT2D eigenvalue weighted by atomic mass is 28.4.